The summed E-state index contributed by atoms with van der Waals surface area (Å²) in [5.74, 6) is 0.602. The number of hydrogen-bond donors (Lipinski definition) is 0. The van der Waals surface area contributed by atoms with E-state index < -0.39 is 0 Å². The minimum atomic E-state index is -0.309. The number of ketones is 1. The fourth-order valence-electron chi connectivity index (χ4n) is 3.20. The highest BCUT2D eigenvalue weighted by molar-refractivity contribution is 5.92. The number of rotatable bonds is 5. The quantitative estimate of drug-likeness (QED) is 0.806. The molecule has 1 aliphatic heterocycles. The Bertz CT molecular complexity index is 401. The maximum atomic E-state index is 13.0. The topological polar surface area (TPSA) is 26.3 Å². The molecule has 2 heteroatoms. The Morgan fingerprint density at radius 3 is 2.26 bits per heavy atom. The lowest BCUT2D eigenvalue weighted by Crippen LogP contribution is -2.44. The van der Waals surface area contributed by atoms with E-state index >= 15 is 0 Å². The number of hydrogen-bond acceptors (Lipinski definition) is 2. The molecule has 1 aromatic rings. The third-order valence-corrected chi connectivity index (χ3v) is 4.50. The lowest BCUT2D eigenvalue weighted by molar-refractivity contribution is -0.132. The molecule has 0 aromatic heterocycles. The summed E-state index contributed by atoms with van der Waals surface area (Å²) in [5.41, 5.74) is 0.867. The largest absolute Gasteiger partial charge is 0.381 e. The molecule has 2 rings (SSSR count). The van der Waals surface area contributed by atoms with Crippen LogP contribution in [0.4, 0.5) is 0 Å². The van der Waals surface area contributed by atoms with Crippen molar-refractivity contribution in [3.8, 4) is 0 Å². The van der Waals surface area contributed by atoms with Crippen LogP contribution in [0, 0.1) is 5.92 Å². The van der Waals surface area contributed by atoms with Gasteiger partial charge >= 0.3 is 0 Å². The Labute approximate surface area is 116 Å². The van der Waals surface area contributed by atoms with Crippen molar-refractivity contribution in [2.45, 2.75) is 44.9 Å². The second kappa shape index (κ2) is 6.33. The first-order valence-corrected chi connectivity index (χ1v) is 7.42. The standard InChI is InChI=1S/C17H24O2/c1-3-14(4-2)16(18)17(10-12-19-13-11-17)15-8-6-5-7-9-15/h5-9,14H,3-4,10-13H2,1-2H3. The average Bonchev–Trinajstić information content (AvgIpc) is 2.50. The molecule has 0 bridgehead atoms. The average molecular weight is 260 g/mol. The van der Waals surface area contributed by atoms with E-state index in [1.54, 1.807) is 0 Å². The smallest absolute Gasteiger partial charge is 0.146 e. The van der Waals surface area contributed by atoms with Gasteiger partial charge in [-0.25, -0.2) is 0 Å². The number of ether oxygens (including phenoxy) is 1. The minimum Gasteiger partial charge on any atom is -0.381 e. The molecular formula is C17H24O2. The van der Waals surface area contributed by atoms with Gasteiger partial charge in [0.1, 0.15) is 5.78 Å². The third-order valence-electron chi connectivity index (χ3n) is 4.50. The maximum Gasteiger partial charge on any atom is 0.146 e. The van der Waals surface area contributed by atoms with E-state index in [1.807, 2.05) is 18.2 Å². The summed E-state index contributed by atoms with van der Waals surface area (Å²) in [4.78, 5) is 13.0. The molecule has 0 radical (unpaired) electrons. The van der Waals surface area contributed by atoms with Gasteiger partial charge in [-0.05, 0) is 31.2 Å². The van der Waals surface area contributed by atoms with Crippen LogP contribution in [-0.4, -0.2) is 19.0 Å². The molecule has 0 spiro atoms. The molecule has 1 aromatic carbocycles. The predicted molar refractivity (Wildman–Crippen MR) is 77.3 cm³/mol. The summed E-state index contributed by atoms with van der Waals surface area (Å²) < 4.78 is 5.49. The van der Waals surface area contributed by atoms with Gasteiger partial charge in [-0.1, -0.05) is 44.2 Å². The van der Waals surface area contributed by atoms with Gasteiger partial charge in [0.05, 0.1) is 5.41 Å². The molecule has 19 heavy (non-hydrogen) atoms. The van der Waals surface area contributed by atoms with E-state index in [0.29, 0.717) is 19.0 Å². The first-order chi connectivity index (χ1) is 9.24. The number of carbonyl (C=O) groups is 1. The molecule has 2 nitrogen and oxygen atoms in total. The molecule has 0 unspecified atom stereocenters. The highest BCUT2D eigenvalue weighted by Gasteiger charge is 2.43. The summed E-state index contributed by atoms with van der Waals surface area (Å²) in [6.07, 6.45) is 3.52. The molecule has 1 aliphatic rings. The molecule has 0 saturated carbocycles. The molecule has 0 amide bonds. The molecule has 1 saturated heterocycles. The molecule has 0 atom stereocenters. The van der Waals surface area contributed by atoms with Crippen LogP contribution in [0.3, 0.4) is 0 Å². The van der Waals surface area contributed by atoms with Crippen LogP contribution < -0.4 is 0 Å². The van der Waals surface area contributed by atoms with E-state index in [1.165, 1.54) is 5.56 Å². The summed E-state index contributed by atoms with van der Waals surface area (Å²) in [6, 6.07) is 10.3. The fraction of sp³-hybridized carbons (Fsp3) is 0.588. The molecule has 0 N–H and O–H groups in total. The third kappa shape index (κ3) is 2.74. The van der Waals surface area contributed by atoms with E-state index in [4.69, 9.17) is 4.74 Å². The van der Waals surface area contributed by atoms with Crippen LogP contribution in [-0.2, 0) is 14.9 Å². The maximum absolute atomic E-state index is 13.0. The normalized spacial score (nSPS) is 18.5. The molecule has 1 heterocycles. The Kier molecular flexibility index (Phi) is 4.76. The van der Waals surface area contributed by atoms with Crippen LogP contribution >= 0.6 is 0 Å². The monoisotopic (exact) mass is 260 g/mol. The zero-order valence-corrected chi connectivity index (χ0v) is 12.0. The zero-order chi connectivity index (χ0) is 13.7. The van der Waals surface area contributed by atoms with Gasteiger partial charge in [-0.2, -0.15) is 0 Å². The fourth-order valence-corrected chi connectivity index (χ4v) is 3.20. The first kappa shape index (κ1) is 14.3. The predicted octanol–water partition coefficient (Wildman–Crippen LogP) is 3.74. The van der Waals surface area contributed by atoms with Gasteiger partial charge in [0.2, 0.25) is 0 Å². The molecule has 1 fully saturated rings. The summed E-state index contributed by atoms with van der Waals surface area (Å²) in [5, 5.41) is 0. The summed E-state index contributed by atoms with van der Waals surface area (Å²) >= 11 is 0. The van der Waals surface area contributed by atoms with E-state index in [0.717, 1.165) is 25.7 Å². The molecule has 104 valence electrons. The second-order valence-corrected chi connectivity index (χ2v) is 5.44. The van der Waals surface area contributed by atoms with E-state index in [-0.39, 0.29) is 11.3 Å². The SMILES string of the molecule is CCC(CC)C(=O)C1(c2ccccc2)CCOCC1. The Morgan fingerprint density at radius 1 is 1.16 bits per heavy atom. The first-order valence-electron chi connectivity index (χ1n) is 7.42. The van der Waals surface area contributed by atoms with Crippen molar-refractivity contribution >= 4 is 5.78 Å². The lowest BCUT2D eigenvalue weighted by Gasteiger charge is -2.38. The van der Waals surface area contributed by atoms with E-state index in [2.05, 4.69) is 26.0 Å². The Morgan fingerprint density at radius 2 is 1.74 bits per heavy atom. The Balaban J connectivity index is 2.37. The highest BCUT2D eigenvalue weighted by Crippen LogP contribution is 2.39. The summed E-state index contributed by atoms with van der Waals surface area (Å²) in [6.45, 7) is 5.62. The van der Waals surface area contributed by atoms with Gasteiger partial charge in [0, 0.05) is 19.1 Å². The second-order valence-electron chi connectivity index (χ2n) is 5.44. The van der Waals surface area contributed by atoms with Crippen molar-refractivity contribution in [3.05, 3.63) is 35.9 Å². The van der Waals surface area contributed by atoms with Crippen molar-refractivity contribution in [2.75, 3.05) is 13.2 Å². The van der Waals surface area contributed by atoms with Crippen LogP contribution in [0.5, 0.6) is 0 Å². The van der Waals surface area contributed by atoms with Gasteiger partial charge < -0.3 is 4.74 Å². The number of Topliss-reactive ketones (excluding diaryl/α,β-unsaturated/α-hetero) is 1. The van der Waals surface area contributed by atoms with Crippen molar-refractivity contribution in [3.63, 3.8) is 0 Å². The summed E-state index contributed by atoms with van der Waals surface area (Å²) in [7, 11) is 0. The number of benzene rings is 1. The minimum absolute atomic E-state index is 0.179. The van der Waals surface area contributed by atoms with Crippen LogP contribution in [0.25, 0.3) is 0 Å². The molecule has 0 aliphatic carbocycles. The van der Waals surface area contributed by atoms with Crippen molar-refractivity contribution in [1.82, 2.24) is 0 Å². The van der Waals surface area contributed by atoms with E-state index in [9.17, 15) is 4.79 Å². The van der Waals surface area contributed by atoms with Gasteiger partial charge in [-0.3, -0.25) is 4.79 Å². The van der Waals surface area contributed by atoms with Crippen LogP contribution in [0.1, 0.15) is 45.1 Å². The van der Waals surface area contributed by atoms with Crippen molar-refractivity contribution in [2.24, 2.45) is 5.92 Å². The number of carbonyl (C=O) groups excluding carboxylic acids is 1. The zero-order valence-electron chi connectivity index (χ0n) is 12.0. The molecular weight excluding hydrogens is 236 g/mol. The van der Waals surface area contributed by atoms with Crippen LogP contribution in [0.2, 0.25) is 0 Å². The lowest BCUT2D eigenvalue weighted by atomic mass is 9.67. The van der Waals surface area contributed by atoms with Crippen molar-refractivity contribution in [1.29, 1.82) is 0 Å². The van der Waals surface area contributed by atoms with Gasteiger partial charge in [0.15, 0.2) is 0 Å². The van der Waals surface area contributed by atoms with Gasteiger partial charge in [0.25, 0.3) is 0 Å². The Hall–Kier alpha value is -1.15. The highest BCUT2D eigenvalue weighted by atomic mass is 16.5. The van der Waals surface area contributed by atoms with Crippen LogP contribution in [0.15, 0.2) is 30.3 Å². The van der Waals surface area contributed by atoms with Crippen molar-refractivity contribution < 1.29 is 9.53 Å². The van der Waals surface area contributed by atoms with Gasteiger partial charge in [-0.15, -0.1) is 0 Å².